The van der Waals surface area contributed by atoms with Gasteiger partial charge in [-0.15, -0.1) is 0 Å². The topological polar surface area (TPSA) is 69.5 Å². The summed E-state index contributed by atoms with van der Waals surface area (Å²) in [5.41, 5.74) is 4.04. The molecule has 10 heteroatoms. The van der Waals surface area contributed by atoms with Gasteiger partial charge in [-0.25, -0.2) is 4.98 Å². The predicted octanol–water partition coefficient (Wildman–Crippen LogP) is 5.07. The van der Waals surface area contributed by atoms with Crippen molar-refractivity contribution in [3.63, 3.8) is 0 Å². The monoisotopic (exact) mass is 530 g/mol. The second-order valence-electron chi connectivity index (χ2n) is 11.0. The van der Waals surface area contributed by atoms with Crippen molar-refractivity contribution in [1.29, 1.82) is 0 Å². The van der Waals surface area contributed by atoms with Crippen LogP contribution in [0.3, 0.4) is 0 Å². The van der Waals surface area contributed by atoms with Gasteiger partial charge in [-0.3, -0.25) is 4.90 Å². The van der Waals surface area contributed by atoms with Crippen LogP contribution in [0.5, 0.6) is 0 Å². The van der Waals surface area contributed by atoms with Crippen LogP contribution in [0, 0.1) is 0 Å². The fourth-order valence-electron chi connectivity index (χ4n) is 5.62. The van der Waals surface area contributed by atoms with Gasteiger partial charge in [-0.2, -0.15) is 18.2 Å². The summed E-state index contributed by atoms with van der Waals surface area (Å²) < 4.78 is 40.7. The zero-order valence-corrected chi connectivity index (χ0v) is 22.1. The van der Waals surface area contributed by atoms with Crippen molar-refractivity contribution >= 4 is 17.0 Å². The second kappa shape index (κ2) is 11.2. The Morgan fingerprint density at radius 2 is 1.74 bits per heavy atom. The Labute approximate surface area is 221 Å². The molecule has 0 radical (unpaired) electrons. The lowest BCUT2D eigenvalue weighted by Crippen LogP contribution is -2.43. The van der Waals surface area contributed by atoms with Gasteiger partial charge in [-0.1, -0.05) is 24.3 Å². The van der Waals surface area contributed by atoms with E-state index in [1.54, 1.807) is 6.20 Å². The van der Waals surface area contributed by atoms with Crippen LogP contribution in [0.1, 0.15) is 50.6 Å². The van der Waals surface area contributed by atoms with E-state index < -0.39 is 18.6 Å². The molecule has 0 spiro atoms. The SMILES string of the molecule is C[C@H](CC(F)(F)F)Nc1ncc2c(-c3ccc(CN4CCN(C)CC4)cc3)cn(C3CCC(O)CC3)c2n1. The highest BCUT2D eigenvalue weighted by Crippen LogP contribution is 2.37. The summed E-state index contributed by atoms with van der Waals surface area (Å²) in [6.45, 7) is 6.71. The van der Waals surface area contributed by atoms with Crippen LogP contribution in [0.4, 0.5) is 19.1 Å². The van der Waals surface area contributed by atoms with Gasteiger partial charge in [0, 0.05) is 68.2 Å². The normalized spacial score (nSPS) is 22.6. The summed E-state index contributed by atoms with van der Waals surface area (Å²) in [5, 5.41) is 13.7. The number of hydrogen-bond donors (Lipinski definition) is 2. The molecule has 0 bridgehead atoms. The molecule has 206 valence electrons. The van der Waals surface area contributed by atoms with Gasteiger partial charge < -0.3 is 19.9 Å². The fraction of sp³-hybridized carbons (Fsp3) is 0.571. The first-order chi connectivity index (χ1) is 18.1. The van der Waals surface area contributed by atoms with Crippen molar-refractivity contribution in [2.24, 2.45) is 0 Å². The first-order valence-corrected chi connectivity index (χ1v) is 13.5. The van der Waals surface area contributed by atoms with Gasteiger partial charge in [0.05, 0.1) is 12.5 Å². The standard InChI is InChI=1S/C28H37F3N6O/c1-19(15-28(29,30)31)33-27-32-16-24-25(18-37(26(24)34-27)22-7-9-23(38)10-8-22)21-5-3-20(4-6-21)17-36-13-11-35(2)12-14-36/h3-6,16,18-19,22-23,38H,7-15,17H2,1-2H3,(H,32,33,34)/t19-,22?,23?/m1/s1. The van der Waals surface area contributed by atoms with Crippen LogP contribution in [-0.4, -0.2) is 81.0 Å². The molecule has 0 amide bonds. The number of fused-ring (bicyclic) bond motifs is 1. The van der Waals surface area contributed by atoms with Crippen LogP contribution < -0.4 is 5.32 Å². The van der Waals surface area contributed by atoms with E-state index in [0.717, 1.165) is 74.9 Å². The highest BCUT2D eigenvalue weighted by molar-refractivity contribution is 5.94. The van der Waals surface area contributed by atoms with Crippen molar-refractivity contribution in [3.05, 3.63) is 42.2 Å². The Morgan fingerprint density at radius 3 is 2.39 bits per heavy atom. The lowest BCUT2D eigenvalue weighted by atomic mass is 9.93. The van der Waals surface area contributed by atoms with Gasteiger partial charge in [0.2, 0.25) is 5.95 Å². The molecule has 38 heavy (non-hydrogen) atoms. The lowest BCUT2D eigenvalue weighted by molar-refractivity contribution is -0.136. The first kappa shape index (κ1) is 26.9. The Bertz CT molecular complexity index is 1210. The molecule has 2 N–H and O–H groups in total. The van der Waals surface area contributed by atoms with E-state index >= 15 is 0 Å². The third kappa shape index (κ3) is 6.47. The van der Waals surface area contributed by atoms with E-state index in [1.165, 1.54) is 12.5 Å². The van der Waals surface area contributed by atoms with E-state index in [-0.39, 0.29) is 18.1 Å². The Morgan fingerprint density at radius 1 is 1.05 bits per heavy atom. The van der Waals surface area contributed by atoms with Crippen molar-refractivity contribution < 1.29 is 18.3 Å². The van der Waals surface area contributed by atoms with Crippen LogP contribution in [0.15, 0.2) is 36.7 Å². The average Bonchev–Trinajstić information content (AvgIpc) is 3.24. The van der Waals surface area contributed by atoms with Gasteiger partial charge in [-0.05, 0) is 50.8 Å². The number of aliphatic hydroxyl groups excluding tert-OH is 1. The molecule has 2 aliphatic rings. The van der Waals surface area contributed by atoms with Gasteiger partial charge in [0.25, 0.3) is 0 Å². The quantitative estimate of drug-likeness (QED) is 0.444. The number of likely N-dealkylation sites (N-methyl/N-ethyl adjacent to an activating group) is 1. The number of anilines is 1. The van der Waals surface area contributed by atoms with Gasteiger partial charge in [0.1, 0.15) is 5.65 Å². The number of alkyl halides is 3. The number of rotatable bonds is 7. The molecule has 3 heterocycles. The zero-order valence-electron chi connectivity index (χ0n) is 22.1. The molecule has 7 nitrogen and oxygen atoms in total. The molecule has 1 aliphatic carbocycles. The van der Waals surface area contributed by atoms with E-state index in [2.05, 4.69) is 67.2 Å². The predicted molar refractivity (Wildman–Crippen MR) is 143 cm³/mol. The minimum absolute atomic E-state index is 0.168. The van der Waals surface area contributed by atoms with Crippen molar-refractivity contribution in [3.8, 4) is 11.1 Å². The number of hydrogen-bond acceptors (Lipinski definition) is 6. The number of benzene rings is 1. The number of aromatic nitrogens is 3. The highest BCUT2D eigenvalue weighted by Gasteiger charge is 2.30. The molecule has 3 aromatic rings. The maximum absolute atomic E-state index is 12.9. The van der Waals surface area contributed by atoms with E-state index in [4.69, 9.17) is 0 Å². The van der Waals surface area contributed by atoms with Gasteiger partial charge >= 0.3 is 6.18 Å². The molecule has 2 aromatic heterocycles. The average molecular weight is 531 g/mol. The number of nitrogens with one attached hydrogen (secondary N) is 1. The van der Waals surface area contributed by atoms with Crippen molar-refractivity contribution in [2.45, 2.75) is 69.9 Å². The number of nitrogens with zero attached hydrogens (tertiary/aromatic N) is 5. The summed E-state index contributed by atoms with van der Waals surface area (Å²) in [7, 11) is 2.16. The van der Waals surface area contributed by atoms with Crippen molar-refractivity contribution in [1.82, 2.24) is 24.3 Å². The minimum atomic E-state index is -4.26. The van der Waals surface area contributed by atoms with Crippen LogP contribution in [0.2, 0.25) is 0 Å². The summed E-state index contributed by atoms with van der Waals surface area (Å²) in [5.74, 6) is 0.193. The Hall–Kier alpha value is -2.69. The molecular formula is C28H37F3N6O. The largest absolute Gasteiger partial charge is 0.393 e. The third-order valence-corrected chi connectivity index (χ3v) is 7.81. The molecule has 0 unspecified atom stereocenters. The van der Waals surface area contributed by atoms with Gasteiger partial charge in [0.15, 0.2) is 0 Å². The lowest BCUT2D eigenvalue weighted by Gasteiger charge is -2.32. The number of aliphatic hydroxyl groups is 1. The summed E-state index contributed by atoms with van der Waals surface area (Å²) >= 11 is 0. The first-order valence-electron chi connectivity index (χ1n) is 13.5. The minimum Gasteiger partial charge on any atom is -0.393 e. The highest BCUT2D eigenvalue weighted by atomic mass is 19.4. The Balaban J connectivity index is 1.42. The summed E-state index contributed by atoms with van der Waals surface area (Å²) in [6, 6.07) is 7.93. The molecule has 1 saturated heterocycles. The maximum atomic E-state index is 12.9. The molecular weight excluding hydrogens is 493 g/mol. The molecule has 1 aromatic carbocycles. The smallest absolute Gasteiger partial charge is 0.391 e. The molecule has 5 rings (SSSR count). The fourth-order valence-corrected chi connectivity index (χ4v) is 5.62. The third-order valence-electron chi connectivity index (χ3n) is 7.81. The Kier molecular flexibility index (Phi) is 7.93. The van der Waals surface area contributed by atoms with E-state index in [0.29, 0.717) is 5.65 Å². The molecule has 2 fully saturated rings. The number of piperazine rings is 1. The molecule has 1 atom stereocenters. The zero-order chi connectivity index (χ0) is 26.9. The van der Waals surface area contributed by atoms with E-state index in [9.17, 15) is 18.3 Å². The van der Waals surface area contributed by atoms with E-state index in [1.807, 2.05) is 0 Å². The summed E-state index contributed by atoms with van der Waals surface area (Å²) in [6.07, 6.45) is 1.41. The molecule has 1 aliphatic heterocycles. The summed E-state index contributed by atoms with van der Waals surface area (Å²) in [4.78, 5) is 13.9. The number of halogens is 3. The van der Waals surface area contributed by atoms with Crippen LogP contribution in [0.25, 0.3) is 22.2 Å². The maximum Gasteiger partial charge on any atom is 0.391 e. The molecule has 1 saturated carbocycles. The second-order valence-corrected chi connectivity index (χ2v) is 11.0. The van der Waals surface area contributed by atoms with Crippen molar-refractivity contribution in [2.75, 3.05) is 38.5 Å². The van der Waals surface area contributed by atoms with Crippen LogP contribution in [-0.2, 0) is 6.54 Å². The van der Waals surface area contributed by atoms with Crippen LogP contribution >= 0.6 is 0 Å².